The van der Waals surface area contributed by atoms with Crippen LogP contribution in [0, 0.1) is 6.92 Å². The third-order valence-corrected chi connectivity index (χ3v) is 2.92. The van der Waals surface area contributed by atoms with Gasteiger partial charge in [-0.15, -0.1) is 0 Å². The maximum absolute atomic E-state index is 6.19. The van der Waals surface area contributed by atoms with Gasteiger partial charge < -0.3 is 5.73 Å². The molecular weight excluding hydrogens is 226 g/mol. The predicted octanol–water partition coefficient (Wildman–Crippen LogP) is 1.69. The molecule has 2 N–H and O–H groups in total. The molecule has 2 heterocycles. The minimum atomic E-state index is 0.510. The van der Waals surface area contributed by atoms with Crippen LogP contribution in [0.25, 0.3) is 0 Å². The summed E-state index contributed by atoms with van der Waals surface area (Å²) in [5, 5.41) is 9.17. The van der Waals surface area contributed by atoms with Crippen molar-refractivity contribution in [2.75, 3.05) is 5.73 Å². The third kappa shape index (κ3) is 1.90. The lowest BCUT2D eigenvalue weighted by Gasteiger charge is -2.05. The molecule has 0 spiro atoms. The van der Waals surface area contributed by atoms with Gasteiger partial charge in [0.05, 0.1) is 23.0 Å². The second kappa shape index (κ2) is 4.17. The summed E-state index contributed by atoms with van der Waals surface area (Å²) in [6, 6.07) is 1.76. The summed E-state index contributed by atoms with van der Waals surface area (Å²) in [7, 11) is 0. The summed E-state index contributed by atoms with van der Waals surface area (Å²) in [5.74, 6) is 0.510. The quantitative estimate of drug-likeness (QED) is 0.887. The van der Waals surface area contributed by atoms with Crippen LogP contribution >= 0.6 is 11.6 Å². The normalized spacial score (nSPS) is 10.9. The zero-order chi connectivity index (χ0) is 11.7. The minimum absolute atomic E-state index is 0.510. The predicted molar refractivity (Wildman–Crippen MR) is 63.4 cm³/mol. The van der Waals surface area contributed by atoms with Crippen molar-refractivity contribution >= 4 is 17.4 Å². The number of halogens is 1. The van der Waals surface area contributed by atoms with Gasteiger partial charge in [-0.1, -0.05) is 11.6 Å². The van der Waals surface area contributed by atoms with Gasteiger partial charge in [-0.05, 0) is 19.9 Å². The fraction of sp³-hybridized carbons (Fsp3) is 0.400. The Bertz CT molecular complexity index is 499. The van der Waals surface area contributed by atoms with E-state index < -0.39 is 0 Å². The van der Waals surface area contributed by atoms with Crippen LogP contribution in [0.1, 0.15) is 18.3 Å². The Hall–Kier alpha value is -1.49. The van der Waals surface area contributed by atoms with Crippen molar-refractivity contribution < 1.29 is 0 Å². The van der Waals surface area contributed by atoms with E-state index in [9.17, 15) is 0 Å². The van der Waals surface area contributed by atoms with Gasteiger partial charge in [-0.2, -0.15) is 10.2 Å². The summed E-state index contributed by atoms with van der Waals surface area (Å²) in [4.78, 5) is 0. The highest BCUT2D eigenvalue weighted by Gasteiger charge is 2.13. The first kappa shape index (κ1) is 11.0. The van der Waals surface area contributed by atoms with Gasteiger partial charge in [0.1, 0.15) is 5.82 Å². The van der Waals surface area contributed by atoms with Crippen LogP contribution in [0.3, 0.4) is 0 Å². The highest BCUT2D eigenvalue weighted by atomic mass is 35.5. The van der Waals surface area contributed by atoms with E-state index in [-0.39, 0.29) is 0 Å². The van der Waals surface area contributed by atoms with E-state index >= 15 is 0 Å². The van der Waals surface area contributed by atoms with Crippen LogP contribution in [0.2, 0.25) is 5.02 Å². The van der Waals surface area contributed by atoms with Crippen molar-refractivity contribution in [1.82, 2.24) is 19.6 Å². The molecule has 0 atom stereocenters. The molecule has 0 aromatic carbocycles. The van der Waals surface area contributed by atoms with E-state index in [1.54, 1.807) is 10.7 Å². The first-order valence-electron chi connectivity index (χ1n) is 5.12. The molecule has 6 heteroatoms. The third-order valence-electron chi connectivity index (χ3n) is 2.43. The maximum atomic E-state index is 6.19. The molecule has 0 radical (unpaired) electrons. The monoisotopic (exact) mass is 239 g/mol. The Kier molecular flexibility index (Phi) is 2.87. The maximum Gasteiger partial charge on any atom is 0.145 e. The fourth-order valence-electron chi connectivity index (χ4n) is 1.64. The lowest BCUT2D eigenvalue weighted by Crippen LogP contribution is -2.09. The Morgan fingerprint density at radius 2 is 2.19 bits per heavy atom. The molecule has 16 heavy (non-hydrogen) atoms. The van der Waals surface area contributed by atoms with Gasteiger partial charge in [-0.25, -0.2) is 0 Å². The molecule has 2 rings (SSSR count). The number of nitrogens with two attached hydrogens (primary N) is 1. The van der Waals surface area contributed by atoms with Crippen LogP contribution in [0.4, 0.5) is 5.82 Å². The summed E-state index contributed by atoms with van der Waals surface area (Å²) < 4.78 is 3.64. The van der Waals surface area contributed by atoms with Gasteiger partial charge in [0.15, 0.2) is 0 Å². The van der Waals surface area contributed by atoms with E-state index in [1.165, 1.54) is 0 Å². The van der Waals surface area contributed by atoms with E-state index in [0.29, 0.717) is 17.4 Å². The highest BCUT2D eigenvalue weighted by molar-refractivity contribution is 6.31. The molecule has 0 fully saturated rings. The summed E-state index contributed by atoms with van der Waals surface area (Å²) in [5.41, 5.74) is 7.37. The molecule has 2 aromatic rings. The smallest absolute Gasteiger partial charge is 0.145 e. The number of anilines is 1. The molecule has 0 saturated heterocycles. The number of nitrogens with zero attached hydrogens (tertiary/aromatic N) is 4. The number of rotatable bonds is 3. The lowest BCUT2D eigenvalue weighted by molar-refractivity contribution is 0.576. The van der Waals surface area contributed by atoms with Crippen molar-refractivity contribution in [3.63, 3.8) is 0 Å². The molecule has 86 valence electrons. The van der Waals surface area contributed by atoms with Gasteiger partial charge in [0.2, 0.25) is 0 Å². The van der Waals surface area contributed by atoms with E-state index in [0.717, 1.165) is 17.9 Å². The number of aryl methyl sites for hydroxylation is 2. The summed E-state index contributed by atoms with van der Waals surface area (Å²) in [6.45, 7) is 5.31. The highest BCUT2D eigenvalue weighted by Crippen LogP contribution is 2.21. The van der Waals surface area contributed by atoms with Crippen LogP contribution in [-0.2, 0) is 13.1 Å². The van der Waals surface area contributed by atoms with Crippen molar-refractivity contribution in [2.45, 2.75) is 26.9 Å². The average Bonchev–Trinajstić information content (AvgIpc) is 2.77. The fourth-order valence-corrected chi connectivity index (χ4v) is 1.83. The molecule has 2 aromatic heterocycles. The van der Waals surface area contributed by atoms with Gasteiger partial charge in [-0.3, -0.25) is 9.36 Å². The number of aromatic nitrogens is 4. The Morgan fingerprint density at radius 3 is 2.75 bits per heavy atom. The minimum Gasteiger partial charge on any atom is -0.382 e. The zero-order valence-corrected chi connectivity index (χ0v) is 10.1. The van der Waals surface area contributed by atoms with E-state index in [1.807, 2.05) is 24.7 Å². The van der Waals surface area contributed by atoms with Gasteiger partial charge >= 0.3 is 0 Å². The second-order valence-electron chi connectivity index (χ2n) is 3.60. The number of hydrogen-bond donors (Lipinski definition) is 1. The molecule has 0 aliphatic rings. The van der Waals surface area contributed by atoms with Crippen molar-refractivity contribution in [1.29, 1.82) is 0 Å². The number of nitrogen functional groups attached to an aromatic ring is 1. The van der Waals surface area contributed by atoms with Crippen LogP contribution in [0.5, 0.6) is 0 Å². The summed E-state index contributed by atoms with van der Waals surface area (Å²) >= 11 is 6.19. The Balaban J connectivity index is 2.33. The molecule has 0 unspecified atom stereocenters. The van der Waals surface area contributed by atoms with Crippen LogP contribution in [-0.4, -0.2) is 19.6 Å². The molecule has 0 bridgehead atoms. The van der Waals surface area contributed by atoms with Gasteiger partial charge in [0, 0.05) is 12.7 Å². The van der Waals surface area contributed by atoms with Crippen molar-refractivity contribution in [3.8, 4) is 0 Å². The lowest BCUT2D eigenvalue weighted by atomic mass is 10.3. The molecular formula is C10H14ClN5. The largest absolute Gasteiger partial charge is 0.382 e. The van der Waals surface area contributed by atoms with E-state index in [4.69, 9.17) is 17.3 Å². The topological polar surface area (TPSA) is 61.7 Å². The Labute approximate surface area is 98.8 Å². The zero-order valence-electron chi connectivity index (χ0n) is 9.31. The summed E-state index contributed by atoms with van der Waals surface area (Å²) in [6.07, 6.45) is 1.83. The van der Waals surface area contributed by atoms with E-state index in [2.05, 4.69) is 10.2 Å². The standard InChI is InChI=1S/C10H14ClN5/c1-3-16-8(10(11)7(2)13-16)6-15-5-4-9(12)14-15/h4-5H,3,6H2,1-2H3,(H2,12,14). The van der Waals surface area contributed by atoms with Crippen molar-refractivity contribution in [3.05, 3.63) is 28.7 Å². The molecule has 0 aliphatic heterocycles. The SMILES string of the molecule is CCn1nc(C)c(Cl)c1Cn1ccc(N)n1. The molecule has 0 saturated carbocycles. The average molecular weight is 240 g/mol. The van der Waals surface area contributed by atoms with Crippen LogP contribution in [0.15, 0.2) is 12.3 Å². The van der Waals surface area contributed by atoms with Crippen molar-refractivity contribution in [2.24, 2.45) is 0 Å². The molecule has 0 aliphatic carbocycles. The van der Waals surface area contributed by atoms with Crippen LogP contribution < -0.4 is 5.73 Å². The molecule has 5 nitrogen and oxygen atoms in total. The first-order chi connectivity index (χ1) is 7.61. The first-order valence-corrected chi connectivity index (χ1v) is 5.50. The molecule has 0 amide bonds. The number of hydrogen-bond acceptors (Lipinski definition) is 3. The Morgan fingerprint density at radius 1 is 1.44 bits per heavy atom. The van der Waals surface area contributed by atoms with Gasteiger partial charge in [0.25, 0.3) is 0 Å². The second-order valence-corrected chi connectivity index (χ2v) is 3.98.